The lowest BCUT2D eigenvalue weighted by atomic mass is 10.1. The van der Waals surface area contributed by atoms with E-state index in [1.807, 2.05) is 6.92 Å². The molecule has 0 saturated carbocycles. The number of hydrogen-bond acceptors (Lipinski definition) is 4. The van der Waals surface area contributed by atoms with Crippen LogP contribution >= 0.6 is 11.6 Å². The van der Waals surface area contributed by atoms with Gasteiger partial charge in [-0.25, -0.2) is 0 Å². The average molecular weight is 372 g/mol. The van der Waals surface area contributed by atoms with Crippen LogP contribution in [-0.2, 0) is 6.61 Å². The SMILES string of the molecule is CCOc1cccc(C(=O)Nc2ccc(Cl)c(-c3ccc(CO)o3)c2)c1. The number of carbonyl (C=O) groups excluding carboxylic acids is 1. The molecule has 0 aliphatic carbocycles. The molecule has 0 unspecified atom stereocenters. The minimum atomic E-state index is -0.254. The van der Waals surface area contributed by atoms with Crippen molar-refractivity contribution in [3.63, 3.8) is 0 Å². The second kappa shape index (κ2) is 8.08. The second-order valence-electron chi connectivity index (χ2n) is 5.53. The average Bonchev–Trinajstić information content (AvgIpc) is 3.13. The lowest BCUT2D eigenvalue weighted by Gasteiger charge is -2.09. The second-order valence-corrected chi connectivity index (χ2v) is 5.94. The number of nitrogens with one attached hydrogen (secondary N) is 1. The molecule has 26 heavy (non-hydrogen) atoms. The van der Waals surface area contributed by atoms with Crippen molar-refractivity contribution in [3.05, 3.63) is 70.9 Å². The van der Waals surface area contributed by atoms with Gasteiger partial charge in [0, 0.05) is 16.8 Å². The van der Waals surface area contributed by atoms with Gasteiger partial charge in [0.05, 0.1) is 11.6 Å². The van der Waals surface area contributed by atoms with Gasteiger partial charge in [0.1, 0.15) is 23.9 Å². The zero-order chi connectivity index (χ0) is 18.5. The van der Waals surface area contributed by atoms with Gasteiger partial charge in [-0.15, -0.1) is 0 Å². The lowest BCUT2D eigenvalue weighted by Crippen LogP contribution is -2.12. The molecule has 0 saturated heterocycles. The fourth-order valence-corrected chi connectivity index (χ4v) is 2.71. The summed E-state index contributed by atoms with van der Waals surface area (Å²) in [6, 6.07) is 15.5. The van der Waals surface area contributed by atoms with E-state index in [0.29, 0.717) is 45.7 Å². The van der Waals surface area contributed by atoms with E-state index in [2.05, 4.69) is 5.32 Å². The summed E-state index contributed by atoms with van der Waals surface area (Å²) in [6.45, 7) is 2.23. The summed E-state index contributed by atoms with van der Waals surface area (Å²) < 4.78 is 10.9. The maximum absolute atomic E-state index is 12.5. The van der Waals surface area contributed by atoms with Gasteiger partial charge in [-0.05, 0) is 55.5 Å². The normalized spacial score (nSPS) is 10.6. The van der Waals surface area contributed by atoms with Crippen molar-refractivity contribution >= 4 is 23.2 Å². The first-order chi connectivity index (χ1) is 12.6. The summed E-state index contributed by atoms with van der Waals surface area (Å²) in [4.78, 5) is 12.5. The number of amides is 1. The van der Waals surface area contributed by atoms with Crippen LogP contribution in [0.4, 0.5) is 5.69 Å². The Morgan fingerprint density at radius 2 is 2.04 bits per heavy atom. The summed E-state index contributed by atoms with van der Waals surface area (Å²) in [5.41, 5.74) is 1.71. The molecule has 6 heteroatoms. The Kier molecular flexibility index (Phi) is 5.61. The first-order valence-electron chi connectivity index (χ1n) is 8.14. The van der Waals surface area contributed by atoms with Crippen LogP contribution in [0.3, 0.4) is 0 Å². The number of hydrogen-bond donors (Lipinski definition) is 2. The van der Waals surface area contributed by atoms with Gasteiger partial charge < -0.3 is 19.6 Å². The summed E-state index contributed by atoms with van der Waals surface area (Å²) >= 11 is 6.24. The minimum absolute atomic E-state index is 0.190. The van der Waals surface area contributed by atoms with E-state index in [4.69, 9.17) is 25.9 Å². The molecule has 0 atom stereocenters. The smallest absolute Gasteiger partial charge is 0.255 e. The van der Waals surface area contributed by atoms with Gasteiger partial charge in [0.25, 0.3) is 5.91 Å². The molecule has 0 radical (unpaired) electrons. The maximum Gasteiger partial charge on any atom is 0.255 e. The van der Waals surface area contributed by atoms with Crippen molar-refractivity contribution < 1.29 is 19.1 Å². The summed E-state index contributed by atoms with van der Waals surface area (Å²) in [7, 11) is 0. The van der Waals surface area contributed by atoms with Gasteiger partial charge in [-0.3, -0.25) is 4.79 Å². The third-order valence-corrected chi connectivity index (χ3v) is 4.04. The molecule has 1 amide bonds. The number of furan rings is 1. The van der Waals surface area contributed by atoms with Gasteiger partial charge in [-0.2, -0.15) is 0 Å². The van der Waals surface area contributed by atoms with Crippen molar-refractivity contribution in [1.29, 1.82) is 0 Å². The van der Waals surface area contributed by atoms with E-state index in [9.17, 15) is 4.79 Å². The number of rotatable bonds is 6. The number of aliphatic hydroxyl groups is 1. The van der Waals surface area contributed by atoms with E-state index in [0.717, 1.165) is 0 Å². The van der Waals surface area contributed by atoms with Gasteiger partial charge in [0.2, 0.25) is 0 Å². The van der Waals surface area contributed by atoms with E-state index < -0.39 is 0 Å². The van der Waals surface area contributed by atoms with Crippen molar-refractivity contribution in [2.24, 2.45) is 0 Å². The third kappa shape index (κ3) is 4.07. The maximum atomic E-state index is 12.5. The van der Waals surface area contributed by atoms with Crippen LogP contribution in [-0.4, -0.2) is 17.6 Å². The van der Waals surface area contributed by atoms with Crippen LogP contribution in [0.1, 0.15) is 23.0 Å². The van der Waals surface area contributed by atoms with E-state index in [-0.39, 0.29) is 12.5 Å². The quantitative estimate of drug-likeness (QED) is 0.656. The van der Waals surface area contributed by atoms with E-state index in [1.165, 1.54) is 0 Å². The fourth-order valence-electron chi connectivity index (χ4n) is 2.50. The van der Waals surface area contributed by atoms with Crippen LogP contribution in [0.5, 0.6) is 5.75 Å². The molecule has 134 valence electrons. The number of anilines is 1. The number of aliphatic hydroxyl groups excluding tert-OH is 1. The summed E-state index contributed by atoms with van der Waals surface area (Å²) in [5, 5.41) is 12.5. The molecule has 1 heterocycles. The molecule has 3 rings (SSSR count). The molecule has 1 aromatic heterocycles. The first kappa shape index (κ1) is 18.0. The molecular formula is C20H18ClNO4. The van der Waals surface area contributed by atoms with Gasteiger partial charge >= 0.3 is 0 Å². The van der Waals surface area contributed by atoms with Crippen LogP contribution < -0.4 is 10.1 Å². The molecule has 5 nitrogen and oxygen atoms in total. The first-order valence-corrected chi connectivity index (χ1v) is 8.52. The van der Waals surface area contributed by atoms with Crippen LogP contribution in [0.2, 0.25) is 5.02 Å². The highest BCUT2D eigenvalue weighted by Gasteiger charge is 2.12. The van der Waals surface area contributed by atoms with Gasteiger partial charge in [0.15, 0.2) is 0 Å². The van der Waals surface area contributed by atoms with Crippen LogP contribution in [0, 0.1) is 0 Å². The number of benzene rings is 2. The third-order valence-electron chi connectivity index (χ3n) is 3.71. The predicted octanol–water partition coefficient (Wildman–Crippen LogP) is 4.74. The number of halogens is 1. The fraction of sp³-hybridized carbons (Fsp3) is 0.150. The Morgan fingerprint density at radius 3 is 2.77 bits per heavy atom. The highest BCUT2D eigenvalue weighted by Crippen LogP contribution is 2.32. The molecule has 0 bridgehead atoms. The van der Waals surface area contributed by atoms with Crippen molar-refractivity contribution in [1.82, 2.24) is 0 Å². The number of carbonyl (C=O) groups is 1. The summed E-state index contributed by atoms with van der Waals surface area (Å²) in [6.07, 6.45) is 0. The van der Waals surface area contributed by atoms with E-state index >= 15 is 0 Å². The topological polar surface area (TPSA) is 71.7 Å². The molecule has 0 spiro atoms. The Hall–Kier alpha value is -2.76. The zero-order valence-electron chi connectivity index (χ0n) is 14.2. The Labute approximate surface area is 156 Å². The van der Waals surface area contributed by atoms with Crippen molar-refractivity contribution in [3.8, 4) is 17.1 Å². The van der Waals surface area contributed by atoms with Crippen molar-refractivity contribution in [2.45, 2.75) is 13.5 Å². The number of ether oxygens (including phenoxy) is 1. The van der Waals surface area contributed by atoms with Gasteiger partial charge in [-0.1, -0.05) is 17.7 Å². The molecular weight excluding hydrogens is 354 g/mol. The minimum Gasteiger partial charge on any atom is -0.494 e. The Balaban J connectivity index is 1.83. The van der Waals surface area contributed by atoms with Crippen LogP contribution in [0.15, 0.2) is 59.0 Å². The standard InChI is InChI=1S/C20H18ClNO4/c1-2-25-15-5-3-4-13(10-15)20(24)22-14-6-8-18(21)17(11-14)19-9-7-16(12-23)26-19/h3-11,23H,2,12H2,1H3,(H,22,24). The monoisotopic (exact) mass is 371 g/mol. The zero-order valence-corrected chi connectivity index (χ0v) is 14.9. The molecule has 2 N–H and O–H groups in total. The van der Waals surface area contributed by atoms with Crippen molar-refractivity contribution in [2.75, 3.05) is 11.9 Å². The molecule has 0 aliphatic rings. The lowest BCUT2D eigenvalue weighted by molar-refractivity contribution is 0.102. The van der Waals surface area contributed by atoms with Crippen LogP contribution in [0.25, 0.3) is 11.3 Å². The Morgan fingerprint density at radius 1 is 1.19 bits per heavy atom. The summed E-state index contributed by atoms with van der Waals surface area (Å²) in [5.74, 6) is 1.35. The molecule has 3 aromatic rings. The predicted molar refractivity (Wildman–Crippen MR) is 101 cm³/mol. The largest absolute Gasteiger partial charge is 0.494 e. The van der Waals surface area contributed by atoms with E-state index in [1.54, 1.807) is 54.6 Å². The molecule has 0 aliphatic heterocycles. The molecule has 0 fully saturated rings. The Bertz CT molecular complexity index is 920. The highest BCUT2D eigenvalue weighted by molar-refractivity contribution is 6.33. The highest BCUT2D eigenvalue weighted by atomic mass is 35.5. The molecule has 2 aromatic carbocycles.